The molecule has 0 spiro atoms. The van der Waals surface area contributed by atoms with Crippen LogP contribution in [0.3, 0.4) is 0 Å². The molecule has 0 saturated carbocycles. The van der Waals surface area contributed by atoms with Gasteiger partial charge >= 0.3 is 5.97 Å². The Balaban J connectivity index is 1.65. The molecule has 1 aliphatic heterocycles. The summed E-state index contributed by atoms with van der Waals surface area (Å²) in [6.07, 6.45) is 2.17. The monoisotopic (exact) mass is 348 g/mol. The van der Waals surface area contributed by atoms with Crippen LogP contribution in [-0.2, 0) is 9.53 Å². The average Bonchev–Trinajstić information content (AvgIpc) is 2.58. The maximum Gasteiger partial charge on any atom is 0.302 e. The predicted molar refractivity (Wildman–Crippen MR) is 94.3 cm³/mol. The van der Waals surface area contributed by atoms with E-state index in [1.165, 1.54) is 6.92 Å². The Morgan fingerprint density at radius 3 is 2.96 bits per heavy atom. The molecule has 1 aliphatic rings. The largest absolute Gasteiger partial charge is 0.465 e. The first-order valence-corrected chi connectivity index (χ1v) is 8.54. The van der Waals surface area contributed by atoms with E-state index < -0.39 is 0 Å². The van der Waals surface area contributed by atoms with Crippen molar-refractivity contribution in [2.75, 3.05) is 31.6 Å². The smallest absolute Gasteiger partial charge is 0.302 e. The van der Waals surface area contributed by atoms with Gasteiger partial charge in [-0.1, -0.05) is 35.9 Å². The highest BCUT2D eigenvalue weighted by atomic mass is 35.5. The van der Waals surface area contributed by atoms with E-state index in [1.54, 1.807) is 0 Å². The molecule has 0 bridgehead atoms. The van der Waals surface area contributed by atoms with Crippen LogP contribution in [0, 0.1) is 0 Å². The van der Waals surface area contributed by atoms with Gasteiger partial charge < -0.3 is 10.1 Å². The number of carbonyl (C=O) groups excluding carboxylic acids is 1. The summed E-state index contributed by atoms with van der Waals surface area (Å²) < 4.78 is 5.03. The molecule has 0 aliphatic carbocycles. The number of benzene rings is 1. The van der Waals surface area contributed by atoms with Crippen LogP contribution in [0.1, 0.15) is 19.8 Å². The highest BCUT2D eigenvalue weighted by Gasteiger charge is 2.21. The predicted octanol–water partition coefficient (Wildman–Crippen LogP) is 2.72. The van der Waals surface area contributed by atoms with Crippen LogP contribution in [0.2, 0.25) is 5.15 Å². The lowest BCUT2D eigenvalue weighted by Crippen LogP contribution is -2.43. The van der Waals surface area contributed by atoms with Gasteiger partial charge in [0.15, 0.2) is 11.0 Å². The molecule has 7 heteroatoms. The topological polar surface area (TPSA) is 67.3 Å². The van der Waals surface area contributed by atoms with Gasteiger partial charge in [-0.2, -0.15) is 0 Å². The number of likely N-dealkylation sites (tertiary alicyclic amines) is 1. The fraction of sp³-hybridized carbons (Fsp3) is 0.471. The van der Waals surface area contributed by atoms with Crippen molar-refractivity contribution in [3.8, 4) is 0 Å². The van der Waals surface area contributed by atoms with Gasteiger partial charge in [-0.3, -0.25) is 9.69 Å². The molecule has 24 heavy (non-hydrogen) atoms. The number of hydrogen-bond acceptors (Lipinski definition) is 6. The van der Waals surface area contributed by atoms with Gasteiger partial charge in [-0.15, -0.1) is 10.2 Å². The lowest BCUT2D eigenvalue weighted by atomic mass is 10.1. The number of hydrogen-bond donors (Lipinski definition) is 1. The van der Waals surface area contributed by atoms with Crippen LogP contribution >= 0.6 is 11.6 Å². The Kier molecular flexibility index (Phi) is 5.48. The maximum absolute atomic E-state index is 10.9. The van der Waals surface area contributed by atoms with E-state index >= 15 is 0 Å². The van der Waals surface area contributed by atoms with E-state index in [2.05, 4.69) is 20.4 Å². The van der Waals surface area contributed by atoms with Gasteiger partial charge in [0.2, 0.25) is 0 Å². The molecule has 0 amide bonds. The van der Waals surface area contributed by atoms with Crippen molar-refractivity contribution in [1.29, 1.82) is 0 Å². The molecular weight excluding hydrogens is 328 g/mol. The van der Waals surface area contributed by atoms with E-state index in [9.17, 15) is 4.79 Å². The Labute approximate surface area is 146 Å². The quantitative estimate of drug-likeness (QED) is 0.838. The second-order valence-electron chi connectivity index (χ2n) is 6.01. The van der Waals surface area contributed by atoms with E-state index in [0.29, 0.717) is 11.8 Å². The Bertz CT molecular complexity index is 725. The van der Waals surface area contributed by atoms with Crippen LogP contribution in [-0.4, -0.2) is 53.3 Å². The van der Waals surface area contributed by atoms with Crippen LogP contribution in [0.5, 0.6) is 0 Å². The van der Waals surface area contributed by atoms with Crippen molar-refractivity contribution in [2.45, 2.75) is 25.8 Å². The number of esters is 1. The van der Waals surface area contributed by atoms with Crippen LogP contribution < -0.4 is 5.32 Å². The van der Waals surface area contributed by atoms with E-state index in [0.717, 1.165) is 49.1 Å². The number of nitrogens with zero attached hydrogens (tertiary/aromatic N) is 3. The first-order chi connectivity index (χ1) is 11.6. The highest BCUT2D eigenvalue weighted by molar-refractivity contribution is 6.34. The second-order valence-corrected chi connectivity index (χ2v) is 6.37. The molecule has 1 aromatic heterocycles. The van der Waals surface area contributed by atoms with Crippen LogP contribution in [0.25, 0.3) is 10.8 Å². The number of ether oxygens (including phenoxy) is 1. The number of halogens is 1. The number of anilines is 1. The third-order valence-corrected chi connectivity index (χ3v) is 4.48. The zero-order valence-electron chi connectivity index (χ0n) is 13.7. The molecule has 1 N–H and O–H groups in total. The fourth-order valence-electron chi connectivity index (χ4n) is 3.07. The van der Waals surface area contributed by atoms with Crippen molar-refractivity contribution in [3.63, 3.8) is 0 Å². The Morgan fingerprint density at radius 1 is 1.38 bits per heavy atom. The van der Waals surface area contributed by atoms with Crippen molar-refractivity contribution < 1.29 is 9.53 Å². The molecule has 2 aromatic rings. The average molecular weight is 349 g/mol. The minimum atomic E-state index is -0.232. The summed E-state index contributed by atoms with van der Waals surface area (Å²) in [6, 6.07) is 8.15. The summed E-state index contributed by atoms with van der Waals surface area (Å²) in [5, 5.41) is 14.1. The van der Waals surface area contributed by atoms with Gasteiger partial charge in [-0.05, 0) is 19.4 Å². The van der Waals surface area contributed by atoms with Crippen LogP contribution in [0.15, 0.2) is 24.3 Å². The van der Waals surface area contributed by atoms with Crippen molar-refractivity contribution in [2.24, 2.45) is 0 Å². The zero-order valence-corrected chi connectivity index (χ0v) is 14.4. The van der Waals surface area contributed by atoms with Gasteiger partial charge in [0.05, 0.1) is 0 Å². The first kappa shape index (κ1) is 16.9. The third kappa shape index (κ3) is 4.13. The molecule has 0 radical (unpaired) electrons. The first-order valence-electron chi connectivity index (χ1n) is 8.16. The summed E-state index contributed by atoms with van der Waals surface area (Å²) in [4.78, 5) is 13.2. The molecular formula is C17H21ClN4O2. The number of fused-ring (bicyclic) bond motifs is 1. The number of carbonyl (C=O) groups is 1. The second kappa shape index (κ2) is 7.77. The summed E-state index contributed by atoms with van der Waals surface area (Å²) in [5.74, 6) is 0.534. The summed E-state index contributed by atoms with van der Waals surface area (Å²) in [5.41, 5.74) is 0. The van der Waals surface area contributed by atoms with Gasteiger partial charge in [0.25, 0.3) is 0 Å². The molecule has 1 saturated heterocycles. The minimum absolute atomic E-state index is 0.232. The summed E-state index contributed by atoms with van der Waals surface area (Å²) in [7, 11) is 0. The minimum Gasteiger partial charge on any atom is -0.465 e. The van der Waals surface area contributed by atoms with E-state index in [-0.39, 0.29) is 12.0 Å². The standard InChI is InChI=1S/C17H21ClN4O2/c1-12(23)24-10-9-22-8-4-5-13(11-22)19-17-15-7-3-2-6-14(15)16(18)20-21-17/h2-3,6-7,13H,4-5,8-11H2,1H3,(H,19,21). The molecule has 1 fully saturated rings. The number of nitrogens with one attached hydrogen (secondary N) is 1. The number of piperidine rings is 1. The SMILES string of the molecule is CC(=O)OCCN1CCCC(Nc2nnc(Cl)c3ccccc23)C1. The van der Waals surface area contributed by atoms with Gasteiger partial charge in [-0.25, -0.2) is 0 Å². The van der Waals surface area contributed by atoms with Crippen molar-refractivity contribution in [3.05, 3.63) is 29.4 Å². The lowest BCUT2D eigenvalue weighted by Gasteiger charge is -2.33. The molecule has 1 atom stereocenters. The van der Waals surface area contributed by atoms with Gasteiger partial charge in [0.1, 0.15) is 6.61 Å². The summed E-state index contributed by atoms with van der Waals surface area (Å²) >= 11 is 6.13. The third-order valence-electron chi connectivity index (χ3n) is 4.20. The summed E-state index contributed by atoms with van der Waals surface area (Å²) in [6.45, 7) is 4.54. The molecule has 6 nitrogen and oxygen atoms in total. The maximum atomic E-state index is 10.9. The Morgan fingerprint density at radius 2 is 2.17 bits per heavy atom. The fourth-order valence-corrected chi connectivity index (χ4v) is 3.27. The van der Waals surface area contributed by atoms with Crippen molar-refractivity contribution in [1.82, 2.24) is 15.1 Å². The molecule has 1 unspecified atom stereocenters. The molecule has 3 rings (SSSR count). The molecule has 1 aromatic carbocycles. The normalized spacial score (nSPS) is 18.5. The van der Waals surface area contributed by atoms with Crippen molar-refractivity contribution >= 4 is 34.2 Å². The lowest BCUT2D eigenvalue weighted by molar-refractivity contribution is -0.141. The highest BCUT2D eigenvalue weighted by Crippen LogP contribution is 2.27. The number of aromatic nitrogens is 2. The van der Waals surface area contributed by atoms with E-state index in [4.69, 9.17) is 16.3 Å². The van der Waals surface area contributed by atoms with Gasteiger partial charge in [0, 0.05) is 36.8 Å². The number of rotatable bonds is 5. The van der Waals surface area contributed by atoms with E-state index in [1.807, 2.05) is 24.3 Å². The van der Waals surface area contributed by atoms with Crippen LogP contribution in [0.4, 0.5) is 5.82 Å². The molecule has 2 heterocycles. The Hall–Kier alpha value is -1.92. The molecule has 128 valence electrons. The zero-order chi connectivity index (χ0) is 16.9.